The fourth-order valence-electron chi connectivity index (χ4n) is 3.68. The lowest BCUT2D eigenvalue weighted by Crippen LogP contribution is -2.42. The predicted molar refractivity (Wildman–Crippen MR) is 111 cm³/mol. The molecule has 0 aliphatic carbocycles. The number of hydrogen-bond acceptors (Lipinski definition) is 3. The molecule has 2 amide bonds. The van der Waals surface area contributed by atoms with Crippen LogP contribution in [-0.4, -0.2) is 48.6 Å². The summed E-state index contributed by atoms with van der Waals surface area (Å²) in [6.45, 7) is 4.07. The molecule has 28 heavy (non-hydrogen) atoms. The Hall–Kier alpha value is -2.76. The maximum Gasteiger partial charge on any atom is 0.317 e. The molecule has 2 heterocycles. The summed E-state index contributed by atoms with van der Waals surface area (Å²) in [4.78, 5) is 28.7. The van der Waals surface area contributed by atoms with Gasteiger partial charge in [0.15, 0.2) is 0 Å². The summed E-state index contributed by atoms with van der Waals surface area (Å²) in [6, 6.07) is 6.39. The van der Waals surface area contributed by atoms with Crippen LogP contribution in [0.25, 0.3) is 16.5 Å². The first-order valence-electron chi connectivity index (χ1n) is 10.0. The second kappa shape index (κ2) is 9.44. The number of benzene rings is 1. The molecule has 0 saturated heterocycles. The Labute approximate surface area is 165 Å². The number of methoxy groups -OCH3 is 1. The van der Waals surface area contributed by atoms with Crippen LogP contribution in [0.3, 0.4) is 0 Å². The number of nitrogens with zero attached hydrogens (tertiary/aromatic N) is 1. The number of carbonyl (C=O) groups is 2. The van der Waals surface area contributed by atoms with E-state index < -0.39 is 0 Å². The fourth-order valence-corrected chi connectivity index (χ4v) is 3.68. The van der Waals surface area contributed by atoms with Crippen LogP contribution in [0.5, 0.6) is 0 Å². The highest BCUT2D eigenvalue weighted by Gasteiger charge is 2.19. The number of carbonyl (C=O) groups excluding carboxylic acids is 2. The number of hydrogen-bond donors (Lipinski definition) is 2. The van der Waals surface area contributed by atoms with Gasteiger partial charge in [0.25, 0.3) is 0 Å². The maximum atomic E-state index is 12.3. The Kier molecular flexibility index (Phi) is 6.74. The number of nitrogens with one attached hydrogen (secondary N) is 2. The third-order valence-electron chi connectivity index (χ3n) is 5.34. The van der Waals surface area contributed by atoms with Crippen molar-refractivity contribution in [3.8, 4) is 0 Å². The topological polar surface area (TPSA) is 74.4 Å². The molecular weight excluding hydrogens is 354 g/mol. The van der Waals surface area contributed by atoms with Gasteiger partial charge in [-0.1, -0.05) is 31.2 Å². The zero-order chi connectivity index (χ0) is 19.9. The normalized spacial score (nSPS) is 14.1. The zero-order valence-corrected chi connectivity index (χ0v) is 16.7. The lowest BCUT2D eigenvalue weighted by molar-refractivity contribution is -0.140. The van der Waals surface area contributed by atoms with E-state index in [1.807, 2.05) is 4.90 Å². The van der Waals surface area contributed by atoms with E-state index in [1.54, 1.807) is 0 Å². The Bertz CT molecular complexity index is 869. The number of amides is 2. The van der Waals surface area contributed by atoms with Crippen molar-refractivity contribution in [1.29, 1.82) is 0 Å². The van der Waals surface area contributed by atoms with Crippen LogP contribution in [0.1, 0.15) is 43.7 Å². The molecule has 0 unspecified atom stereocenters. The third-order valence-corrected chi connectivity index (χ3v) is 5.34. The number of aromatic amines is 1. The van der Waals surface area contributed by atoms with Crippen LogP contribution in [-0.2, 0) is 16.0 Å². The summed E-state index contributed by atoms with van der Waals surface area (Å²) in [6.07, 6.45) is 7.98. The number of H-pyrrole nitrogens is 1. The van der Waals surface area contributed by atoms with Crippen LogP contribution in [0.2, 0.25) is 0 Å². The van der Waals surface area contributed by atoms with Crippen LogP contribution < -0.4 is 5.32 Å². The maximum absolute atomic E-state index is 12.3. The van der Waals surface area contributed by atoms with Crippen LogP contribution in [0, 0.1) is 0 Å². The molecule has 1 aliphatic heterocycles. The monoisotopic (exact) mass is 383 g/mol. The van der Waals surface area contributed by atoms with E-state index >= 15 is 0 Å². The molecule has 0 bridgehead atoms. The van der Waals surface area contributed by atoms with Gasteiger partial charge in [0, 0.05) is 48.7 Å². The van der Waals surface area contributed by atoms with Crippen molar-refractivity contribution in [2.24, 2.45) is 0 Å². The van der Waals surface area contributed by atoms with Crippen molar-refractivity contribution in [3.63, 3.8) is 0 Å². The van der Waals surface area contributed by atoms with Gasteiger partial charge in [-0.25, -0.2) is 4.79 Å². The highest BCUT2D eigenvalue weighted by Crippen LogP contribution is 2.30. The van der Waals surface area contributed by atoms with E-state index in [0.717, 1.165) is 25.7 Å². The Morgan fingerprint density at radius 1 is 1.29 bits per heavy atom. The van der Waals surface area contributed by atoms with Crippen LogP contribution >= 0.6 is 0 Å². The van der Waals surface area contributed by atoms with E-state index in [4.69, 9.17) is 0 Å². The number of esters is 1. The number of fused-ring (bicyclic) bond motifs is 1. The average molecular weight is 383 g/mol. The highest BCUT2D eigenvalue weighted by molar-refractivity contribution is 5.94. The summed E-state index contributed by atoms with van der Waals surface area (Å²) in [5, 5.41) is 4.20. The summed E-state index contributed by atoms with van der Waals surface area (Å²) in [5.41, 5.74) is 5.08. The number of aryl methyl sites for hydroxylation is 1. The first-order chi connectivity index (χ1) is 13.6. The fraction of sp³-hybridized carbons (Fsp3) is 0.455. The summed E-state index contributed by atoms with van der Waals surface area (Å²) in [5.74, 6) is -0.205. The average Bonchev–Trinajstić information content (AvgIpc) is 3.17. The second-order valence-electron chi connectivity index (χ2n) is 7.09. The second-order valence-corrected chi connectivity index (χ2v) is 7.09. The summed E-state index contributed by atoms with van der Waals surface area (Å²) in [7, 11) is 1.39. The van der Waals surface area contributed by atoms with Gasteiger partial charge in [-0.15, -0.1) is 0 Å². The molecular formula is C22H29N3O3. The Balaban J connectivity index is 1.53. The van der Waals surface area contributed by atoms with Gasteiger partial charge < -0.3 is 19.9 Å². The zero-order valence-electron chi connectivity index (χ0n) is 16.7. The standard InChI is InChI=1S/C22H29N3O3/c1-3-16-7-6-8-18-19(15-24-21(16)18)17-10-13-25(14-11-17)22(27)23-12-5-4-9-20(26)28-2/h6-8,10,15,24H,3-5,9,11-14H2,1-2H3,(H,23,27). The minimum absolute atomic E-state index is 0.0411. The van der Waals surface area contributed by atoms with Crippen molar-refractivity contribution in [1.82, 2.24) is 15.2 Å². The molecule has 2 aromatic rings. The summed E-state index contributed by atoms with van der Waals surface area (Å²) < 4.78 is 4.61. The highest BCUT2D eigenvalue weighted by atomic mass is 16.5. The molecule has 150 valence electrons. The molecule has 0 spiro atoms. The molecule has 0 fully saturated rings. The van der Waals surface area contributed by atoms with Gasteiger partial charge in [-0.2, -0.15) is 0 Å². The molecule has 6 heteroatoms. The predicted octanol–water partition coefficient (Wildman–Crippen LogP) is 3.87. The van der Waals surface area contributed by atoms with Gasteiger partial charge in [-0.3, -0.25) is 4.79 Å². The van der Waals surface area contributed by atoms with Crippen LogP contribution in [0.4, 0.5) is 4.79 Å². The first kappa shape index (κ1) is 20.0. The smallest absolute Gasteiger partial charge is 0.317 e. The van der Waals surface area contributed by atoms with E-state index in [0.29, 0.717) is 26.1 Å². The van der Waals surface area contributed by atoms with Crippen LogP contribution in [0.15, 0.2) is 30.5 Å². The number of urea groups is 1. The number of para-hydroxylation sites is 1. The Morgan fingerprint density at radius 2 is 2.14 bits per heavy atom. The van der Waals surface area contributed by atoms with Crippen molar-refractivity contribution in [2.45, 2.75) is 39.0 Å². The first-order valence-corrected chi connectivity index (χ1v) is 10.0. The lowest BCUT2D eigenvalue weighted by Gasteiger charge is -2.26. The van der Waals surface area contributed by atoms with Gasteiger partial charge >= 0.3 is 12.0 Å². The molecule has 3 rings (SSSR count). The van der Waals surface area contributed by atoms with E-state index in [-0.39, 0.29) is 12.0 Å². The van der Waals surface area contributed by atoms with Crippen molar-refractivity contribution in [3.05, 3.63) is 41.6 Å². The quantitative estimate of drug-likeness (QED) is 0.563. The lowest BCUT2D eigenvalue weighted by atomic mass is 9.98. The Morgan fingerprint density at radius 3 is 2.86 bits per heavy atom. The van der Waals surface area contributed by atoms with E-state index in [2.05, 4.69) is 52.4 Å². The molecule has 0 saturated carbocycles. The van der Waals surface area contributed by atoms with Gasteiger partial charge in [0.05, 0.1) is 7.11 Å². The van der Waals surface area contributed by atoms with Gasteiger partial charge in [-0.05, 0) is 36.8 Å². The minimum Gasteiger partial charge on any atom is -0.469 e. The summed E-state index contributed by atoms with van der Waals surface area (Å²) >= 11 is 0. The number of aromatic nitrogens is 1. The van der Waals surface area contributed by atoms with Gasteiger partial charge in [0.1, 0.15) is 0 Å². The minimum atomic E-state index is -0.205. The van der Waals surface area contributed by atoms with E-state index in [1.165, 1.54) is 34.7 Å². The number of ether oxygens (including phenoxy) is 1. The third kappa shape index (κ3) is 4.55. The SMILES string of the molecule is CCc1cccc2c(C3=CCN(C(=O)NCCCCC(=O)OC)CC3)c[nH]c12. The van der Waals surface area contributed by atoms with Crippen molar-refractivity contribution >= 4 is 28.5 Å². The molecule has 1 aliphatic rings. The number of rotatable bonds is 7. The number of unbranched alkanes of at least 4 members (excludes halogenated alkanes) is 1. The molecule has 1 aromatic heterocycles. The molecule has 2 N–H and O–H groups in total. The molecule has 1 aromatic carbocycles. The molecule has 6 nitrogen and oxygen atoms in total. The van der Waals surface area contributed by atoms with E-state index in [9.17, 15) is 9.59 Å². The molecule has 0 atom stereocenters. The van der Waals surface area contributed by atoms with Gasteiger partial charge in [0.2, 0.25) is 0 Å². The van der Waals surface area contributed by atoms with Crippen molar-refractivity contribution in [2.75, 3.05) is 26.7 Å². The molecule has 0 radical (unpaired) electrons. The largest absolute Gasteiger partial charge is 0.469 e. The van der Waals surface area contributed by atoms with Crippen molar-refractivity contribution < 1.29 is 14.3 Å².